The van der Waals surface area contributed by atoms with E-state index in [2.05, 4.69) is 47.7 Å². The van der Waals surface area contributed by atoms with Crippen LogP contribution >= 0.6 is 0 Å². The van der Waals surface area contributed by atoms with Crippen molar-refractivity contribution in [2.45, 2.75) is 52.0 Å². The first-order valence-electron chi connectivity index (χ1n) is 9.21. The van der Waals surface area contributed by atoms with E-state index in [1.54, 1.807) is 11.9 Å². The summed E-state index contributed by atoms with van der Waals surface area (Å²) in [5.74, 6) is 1.38. The van der Waals surface area contributed by atoms with Crippen LogP contribution in [0, 0.1) is 19.8 Å². The fraction of sp³-hybridized carbons (Fsp3) is 0.579. The molecule has 3 rings (SSSR count). The number of tetrazole rings is 1. The Balaban J connectivity index is 2.14. The fourth-order valence-electron chi connectivity index (χ4n) is 3.92. The third-order valence-corrected chi connectivity index (χ3v) is 5.95. The van der Waals surface area contributed by atoms with Crippen molar-refractivity contribution >= 4 is 6.03 Å². The summed E-state index contributed by atoms with van der Waals surface area (Å²) >= 11 is 0. The molecule has 1 aromatic heterocycles. The van der Waals surface area contributed by atoms with Gasteiger partial charge in [-0.25, -0.2) is 4.79 Å². The van der Waals surface area contributed by atoms with Crippen LogP contribution in [0.25, 0.3) is 5.69 Å². The molecule has 1 fully saturated rings. The van der Waals surface area contributed by atoms with Gasteiger partial charge in [0.1, 0.15) is 5.54 Å². The molecular formula is C19H28N6O. The second kappa shape index (κ2) is 7.05. The van der Waals surface area contributed by atoms with Gasteiger partial charge in [0.2, 0.25) is 0 Å². The van der Waals surface area contributed by atoms with Gasteiger partial charge in [-0.05, 0) is 73.1 Å². The van der Waals surface area contributed by atoms with Crippen LogP contribution in [-0.2, 0) is 5.54 Å². The highest BCUT2D eigenvalue weighted by Gasteiger charge is 2.46. The number of amides is 2. The summed E-state index contributed by atoms with van der Waals surface area (Å²) < 4.78 is 1.82. The summed E-state index contributed by atoms with van der Waals surface area (Å²) in [4.78, 5) is 14.3. The van der Waals surface area contributed by atoms with Crippen LogP contribution in [0.2, 0.25) is 0 Å². The fourth-order valence-corrected chi connectivity index (χ4v) is 3.92. The number of rotatable bonds is 3. The number of benzene rings is 1. The quantitative estimate of drug-likeness (QED) is 0.917. The molecule has 1 N–H and O–H groups in total. The standard InChI is InChI=1S/C19H28N6O/c1-13-9-11-19(12-10-13,24(5)18(26)20-4)17-21-22-23-25(17)16-8-6-7-14(2)15(16)3/h6-8,13H,9-12H2,1-5H3,(H,20,26). The van der Waals surface area contributed by atoms with E-state index >= 15 is 0 Å². The average molecular weight is 356 g/mol. The molecule has 7 nitrogen and oxygen atoms in total. The van der Waals surface area contributed by atoms with Crippen LogP contribution in [0.5, 0.6) is 0 Å². The van der Waals surface area contributed by atoms with Crippen molar-refractivity contribution in [1.29, 1.82) is 0 Å². The predicted octanol–water partition coefficient (Wildman–Crippen LogP) is 2.96. The second-order valence-corrected chi connectivity index (χ2v) is 7.46. The van der Waals surface area contributed by atoms with Crippen molar-refractivity contribution in [2.24, 2.45) is 5.92 Å². The summed E-state index contributed by atoms with van der Waals surface area (Å²) in [6.07, 6.45) is 3.79. The van der Waals surface area contributed by atoms with Gasteiger partial charge in [0, 0.05) is 14.1 Å². The number of nitrogens with one attached hydrogen (secondary N) is 1. The average Bonchev–Trinajstić information content (AvgIpc) is 3.13. The van der Waals surface area contributed by atoms with E-state index in [1.165, 1.54) is 5.56 Å². The molecule has 0 aliphatic heterocycles. The smallest absolute Gasteiger partial charge is 0.317 e. The van der Waals surface area contributed by atoms with E-state index in [1.807, 2.05) is 23.9 Å². The van der Waals surface area contributed by atoms with Crippen LogP contribution in [0.3, 0.4) is 0 Å². The first-order chi connectivity index (χ1) is 12.4. The maximum absolute atomic E-state index is 12.5. The Hall–Kier alpha value is -2.44. The van der Waals surface area contributed by atoms with Crippen molar-refractivity contribution in [3.63, 3.8) is 0 Å². The molecular weight excluding hydrogens is 328 g/mol. The molecule has 0 spiro atoms. The van der Waals surface area contributed by atoms with Crippen LogP contribution in [0.15, 0.2) is 18.2 Å². The highest BCUT2D eigenvalue weighted by atomic mass is 16.2. The maximum atomic E-state index is 12.5. The first kappa shape index (κ1) is 18.4. The van der Waals surface area contributed by atoms with Gasteiger partial charge >= 0.3 is 6.03 Å². The van der Waals surface area contributed by atoms with Crippen LogP contribution in [0.4, 0.5) is 4.79 Å². The maximum Gasteiger partial charge on any atom is 0.317 e. The van der Waals surface area contributed by atoms with E-state index in [0.29, 0.717) is 5.92 Å². The Morgan fingerprint density at radius 3 is 2.65 bits per heavy atom. The lowest BCUT2D eigenvalue weighted by atomic mass is 9.75. The molecule has 0 unspecified atom stereocenters. The molecule has 0 bridgehead atoms. The third kappa shape index (κ3) is 2.95. The summed E-state index contributed by atoms with van der Waals surface area (Å²) in [5.41, 5.74) is 2.79. The SMILES string of the molecule is CNC(=O)N(C)C1(c2nnnn2-c2cccc(C)c2C)CCC(C)CC1. The summed E-state index contributed by atoms with van der Waals surface area (Å²) in [6.45, 7) is 6.42. The van der Waals surface area contributed by atoms with Gasteiger partial charge < -0.3 is 10.2 Å². The lowest BCUT2D eigenvalue weighted by Crippen LogP contribution is -2.53. The number of nitrogens with zero attached hydrogens (tertiary/aromatic N) is 5. The van der Waals surface area contributed by atoms with Gasteiger partial charge in [0.15, 0.2) is 5.82 Å². The van der Waals surface area contributed by atoms with Crippen molar-refractivity contribution in [3.8, 4) is 5.69 Å². The van der Waals surface area contributed by atoms with Gasteiger partial charge in [0.25, 0.3) is 0 Å². The number of carbonyl (C=O) groups is 1. The minimum Gasteiger partial charge on any atom is -0.341 e. The molecule has 1 aliphatic carbocycles. The van der Waals surface area contributed by atoms with Gasteiger partial charge in [-0.15, -0.1) is 5.10 Å². The Morgan fingerprint density at radius 1 is 1.31 bits per heavy atom. The van der Waals surface area contributed by atoms with Gasteiger partial charge in [-0.2, -0.15) is 4.68 Å². The Kier molecular flexibility index (Phi) is 4.98. The molecule has 7 heteroatoms. The van der Waals surface area contributed by atoms with Crippen LogP contribution < -0.4 is 5.32 Å². The third-order valence-electron chi connectivity index (χ3n) is 5.95. The topological polar surface area (TPSA) is 75.9 Å². The summed E-state index contributed by atoms with van der Waals surface area (Å²) in [7, 11) is 3.50. The van der Waals surface area contributed by atoms with E-state index in [-0.39, 0.29) is 6.03 Å². The van der Waals surface area contributed by atoms with E-state index in [4.69, 9.17) is 0 Å². The normalized spacial score (nSPS) is 22.9. The van der Waals surface area contributed by atoms with Gasteiger partial charge in [0.05, 0.1) is 5.69 Å². The van der Waals surface area contributed by atoms with Crippen LogP contribution in [-0.4, -0.2) is 45.2 Å². The number of hydrogen-bond donors (Lipinski definition) is 1. The molecule has 0 saturated heterocycles. The number of hydrogen-bond acceptors (Lipinski definition) is 4. The zero-order valence-electron chi connectivity index (χ0n) is 16.3. The second-order valence-electron chi connectivity index (χ2n) is 7.46. The molecule has 0 atom stereocenters. The van der Waals surface area contributed by atoms with E-state index in [0.717, 1.165) is 42.8 Å². The van der Waals surface area contributed by atoms with Crippen molar-refractivity contribution < 1.29 is 4.79 Å². The number of aromatic nitrogens is 4. The number of carbonyl (C=O) groups excluding carboxylic acids is 1. The van der Waals surface area contributed by atoms with Gasteiger partial charge in [-0.1, -0.05) is 19.1 Å². The van der Waals surface area contributed by atoms with Crippen LogP contribution in [0.1, 0.15) is 49.6 Å². The summed E-state index contributed by atoms with van der Waals surface area (Å²) in [5, 5.41) is 15.4. The molecule has 26 heavy (non-hydrogen) atoms. The van der Waals surface area contributed by atoms with E-state index < -0.39 is 5.54 Å². The minimum absolute atomic E-state index is 0.116. The molecule has 1 saturated carbocycles. The first-order valence-corrected chi connectivity index (χ1v) is 9.21. The minimum atomic E-state index is -0.508. The van der Waals surface area contributed by atoms with Crippen molar-refractivity contribution in [2.75, 3.05) is 14.1 Å². The predicted molar refractivity (Wildman–Crippen MR) is 100 cm³/mol. The lowest BCUT2D eigenvalue weighted by Gasteiger charge is -2.44. The zero-order chi connectivity index (χ0) is 18.9. The Bertz CT molecular complexity index is 791. The van der Waals surface area contributed by atoms with Crippen molar-refractivity contribution in [3.05, 3.63) is 35.2 Å². The molecule has 1 aromatic carbocycles. The largest absolute Gasteiger partial charge is 0.341 e. The molecule has 0 radical (unpaired) electrons. The zero-order valence-corrected chi connectivity index (χ0v) is 16.3. The highest BCUT2D eigenvalue weighted by Crippen LogP contribution is 2.43. The van der Waals surface area contributed by atoms with E-state index in [9.17, 15) is 4.79 Å². The molecule has 2 amide bonds. The molecule has 140 valence electrons. The van der Waals surface area contributed by atoms with Crippen molar-refractivity contribution in [1.82, 2.24) is 30.4 Å². The monoisotopic (exact) mass is 356 g/mol. The Labute approximate surface area is 154 Å². The lowest BCUT2D eigenvalue weighted by molar-refractivity contribution is 0.0732. The molecule has 1 aliphatic rings. The molecule has 1 heterocycles. The molecule has 2 aromatic rings. The number of urea groups is 1. The van der Waals surface area contributed by atoms with Gasteiger partial charge in [-0.3, -0.25) is 0 Å². The highest BCUT2D eigenvalue weighted by molar-refractivity contribution is 5.74. The number of aryl methyl sites for hydroxylation is 1. The summed E-state index contributed by atoms with van der Waals surface area (Å²) in [6, 6.07) is 6.01. The Morgan fingerprint density at radius 2 is 2.00 bits per heavy atom.